The van der Waals surface area contributed by atoms with Gasteiger partial charge in [0.05, 0.1) is 6.61 Å². The summed E-state index contributed by atoms with van der Waals surface area (Å²) >= 11 is 7.41. The molecule has 0 bridgehead atoms. The molecule has 0 amide bonds. The monoisotopic (exact) mass is 325 g/mol. The van der Waals surface area contributed by atoms with Crippen LogP contribution in [0.15, 0.2) is 52.3 Å². The maximum absolute atomic E-state index is 14.0. The van der Waals surface area contributed by atoms with Gasteiger partial charge < -0.3 is 10.1 Å². The predicted octanol–water partition coefficient (Wildman–Crippen LogP) is 4.37. The van der Waals surface area contributed by atoms with Crippen LogP contribution in [0.25, 0.3) is 0 Å². The van der Waals surface area contributed by atoms with Crippen LogP contribution >= 0.6 is 23.4 Å². The average Bonchev–Trinajstić information content (AvgIpc) is 2.48. The number of hydrogen-bond acceptors (Lipinski definition) is 3. The summed E-state index contributed by atoms with van der Waals surface area (Å²) in [4.78, 5) is 1.94. The number of halogens is 2. The van der Waals surface area contributed by atoms with Crippen LogP contribution in [0.3, 0.4) is 0 Å². The molecule has 0 aliphatic heterocycles. The summed E-state index contributed by atoms with van der Waals surface area (Å²) in [5.74, 6) is -0.195. The van der Waals surface area contributed by atoms with E-state index in [9.17, 15) is 4.39 Å². The molecule has 2 aromatic carbocycles. The van der Waals surface area contributed by atoms with E-state index >= 15 is 0 Å². The zero-order valence-electron chi connectivity index (χ0n) is 11.7. The molecule has 0 saturated heterocycles. The Kier molecular flexibility index (Phi) is 6.51. The standard InChI is InChI=1S/C16H17ClFNOS/c1-20-10-9-19-11-14-15(18)3-2-4-16(14)21-13-7-5-12(17)6-8-13/h2-8,19H,9-11H2,1H3. The topological polar surface area (TPSA) is 21.3 Å². The molecular weight excluding hydrogens is 309 g/mol. The molecule has 0 aliphatic carbocycles. The second-order valence-electron chi connectivity index (χ2n) is 4.44. The Labute approximate surface area is 133 Å². The molecule has 2 nitrogen and oxygen atoms in total. The van der Waals surface area contributed by atoms with Crippen LogP contribution in [0, 0.1) is 5.82 Å². The predicted molar refractivity (Wildman–Crippen MR) is 85.6 cm³/mol. The van der Waals surface area contributed by atoms with Gasteiger partial charge >= 0.3 is 0 Å². The Hall–Kier alpha value is -1.07. The lowest BCUT2D eigenvalue weighted by atomic mass is 10.2. The van der Waals surface area contributed by atoms with E-state index in [1.54, 1.807) is 13.2 Å². The van der Waals surface area contributed by atoms with Gasteiger partial charge in [0.15, 0.2) is 0 Å². The third kappa shape index (κ3) is 5.00. The number of methoxy groups -OCH3 is 1. The van der Waals surface area contributed by atoms with E-state index in [1.807, 2.05) is 30.3 Å². The molecule has 0 unspecified atom stereocenters. The SMILES string of the molecule is COCCNCc1c(F)cccc1Sc1ccc(Cl)cc1. The van der Waals surface area contributed by atoms with Crippen molar-refractivity contribution in [2.45, 2.75) is 16.3 Å². The summed E-state index contributed by atoms with van der Waals surface area (Å²) in [6.45, 7) is 1.77. The number of hydrogen-bond donors (Lipinski definition) is 1. The lowest BCUT2D eigenvalue weighted by Gasteiger charge is -2.11. The Balaban J connectivity index is 2.11. The lowest BCUT2D eigenvalue weighted by Crippen LogP contribution is -2.19. The molecule has 0 atom stereocenters. The van der Waals surface area contributed by atoms with Crippen LogP contribution in [-0.2, 0) is 11.3 Å². The molecule has 2 rings (SSSR count). The molecule has 21 heavy (non-hydrogen) atoms. The summed E-state index contributed by atoms with van der Waals surface area (Å²) in [5.41, 5.74) is 0.675. The molecule has 2 aromatic rings. The highest BCUT2D eigenvalue weighted by atomic mass is 35.5. The van der Waals surface area contributed by atoms with Crippen LogP contribution in [0.5, 0.6) is 0 Å². The van der Waals surface area contributed by atoms with Gasteiger partial charge in [-0.3, -0.25) is 0 Å². The molecule has 0 spiro atoms. The van der Waals surface area contributed by atoms with Gasteiger partial charge in [0.2, 0.25) is 0 Å². The average molecular weight is 326 g/mol. The fraction of sp³-hybridized carbons (Fsp3) is 0.250. The van der Waals surface area contributed by atoms with E-state index < -0.39 is 0 Å². The van der Waals surface area contributed by atoms with E-state index in [4.69, 9.17) is 16.3 Å². The highest BCUT2D eigenvalue weighted by Crippen LogP contribution is 2.32. The van der Waals surface area contributed by atoms with Crippen molar-refractivity contribution in [3.05, 3.63) is 58.9 Å². The third-order valence-corrected chi connectivity index (χ3v) is 4.26. The molecule has 0 saturated carbocycles. The Morgan fingerprint density at radius 3 is 2.67 bits per heavy atom. The molecule has 0 aromatic heterocycles. The zero-order valence-corrected chi connectivity index (χ0v) is 13.3. The van der Waals surface area contributed by atoms with Gasteiger partial charge in [0.25, 0.3) is 0 Å². The van der Waals surface area contributed by atoms with Crippen molar-refractivity contribution in [1.29, 1.82) is 0 Å². The fourth-order valence-electron chi connectivity index (χ4n) is 1.82. The minimum absolute atomic E-state index is 0.195. The van der Waals surface area contributed by atoms with Gasteiger partial charge in [-0.1, -0.05) is 29.4 Å². The van der Waals surface area contributed by atoms with Crippen LogP contribution in [-0.4, -0.2) is 20.3 Å². The van der Waals surface area contributed by atoms with Crippen molar-refractivity contribution < 1.29 is 9.13 Å². The van der Waals surface area contributed by atoms with E-state index in [-0.39, 0.29) is 5.82 Å². The van der Waals surface area contributed by atoms with Gasteiger partial charge in [0, 0.05) is 40.6 Å². The molecule has 0 aliphatic rings. The van der Waals surface area contributed by atoms with Gasteiger partial charge in [0.1, 0.15) is 5.82 Å². The summed E-state index contributed by atoms with van der Waals surface area (Å²) in [5, 5.41) is 3.87. The van der Waals surface area contributed by atoms with Gasteiger partial charge in [-0.05, 0) is 36.4 Å². The maximum Gasteiger partial charge on any atom is 0.128 e. The van der Waals surface area contributed by atoms with Crippen molar-refractivity contribution >= 4 is 23.4 Å². The van der Waals surface area contributed by atoms with Gasteiger partial charge in [-0.15, -0.1) is 0 Å². The third-order valence-electron chi connectivity index (χ3n) is 2.90. The molecule has 0 radical (unpaired) electrons. The van der Waals surface area contributed by atoms with E-state index in [0.29, 0.717) is 30.3 Å². The lowest BCUT2D eigenvalue weighted by molar-refractivity contribution is 0.199. The summed E-state index contributed by atoms with van der Waals surface area (Å²) in [6, 6.07) is 12.7. The van der Waals surface area contributed by atoms with E-state index in [2.05, 4.69) is 5.32 Å². The minimum atomic E-state index is -0.195. The first-order valence-electron chi connectivity index (χ1n) is 6.61. The fourth-order valence-corrected chi connectivity index (χ4v) is 2.91. The van der Waals surface area contributed by atoms with Crippen LogP contribution in [0.4, 0.5) is 4.39 Å². The number of benzene rings is 2. The van der Waals surface area contributed by atoms with E-state index in [0.717, 1.165) is 9.79 Å². The Morgan fingerprint density at radius 2 is 1.95 bits per heavy atom. The van der Waals surface area contributed by atoms with Crippen molar-refractivity contribution in [2.75, 3.05) is 20.3 Å². The molecular formula is C16H17ClFNOS. The smallest absolute Gasteiger partial charge is 0.128 e. The first-order chi connectivity index (χ1) is 10.2. The van der Waals surface area contributed by atoms with Crippen molar-refractivity contribution in [1.82, 2.24) is 5.32 Å². The Bertz CT molecular complexity index is 577. The highest BCUT2D eigenvalue weighted by Gasteiger charge is 2.09. The van der Waals surface area contributed by atoms with Crippen LogP contribution in [0.1, 0.15) is 5.56 Å². The van der Waals surface area contributed by atoms with Crippen LogP contribution < -0.4 is 5.32 Å². The molecule has 5 heteroatoms. The number of ether oxygens (including phenoxy) is 1. The zero-order chi connectivity index (χ0) is 15.1. The first-order valence-corrected chi connectivity index (χ1v) is 7.80. The number of nitrogens with one attached hydrogen (secondary N) is 1. The van der Waals surface area contributed by atoms with E-state index in [1.165, 1.54) is 17.8 Å². The summed E-state index contributed by atoms with van der Waals surface area (Å²) < 4.78 is 19.0. The second-order valence-corrected chi connectivity index (χ2v) is 5.99. The highest BCUT2D eigenvalue weighted by molar-refractivity contribution is 7.99. The Morgan fingerprint density at radius 1 is 1.19 bits per heavy atom. The number of rotatable bonds is 7. The van der Waals surface area contributed by atoms with Crippen LogP contribution in [0.2, 0.25) is 5.02 Å². The van der Waals surface area contributed by atoms with Crippen molar-refractivity contribution in [3.63, 3.8) is 0 Å². The normalized spacial score (nSPS) is 10.8. The second kappa shape index (κ2) is 8.39. The van der Waals surface area contributed by atoms with Gasteiger partial charge in [-0.25, -0.2) is 4.39 Å². The summed E-state index contributed by atoms with van der Waals surface area (Å²) in [7, 11) is 1.65. The summed E-state index contributed by atoms with van der Waals surface area (Å²) in [6.07, 6.45) is 0. The maximum atomic E-state index is 14.0. The first kappa shape index (κ1) is 16.3. The molecule has 0 heterocycles. The largest absolute Gasteiger partial charge is 0.383 e. The molecule has 1 N–H and O–H groups in total. The quantitative estimate of drug-likeness (QED) is 0.764. The van der Waals surface area contributed by atoms with Gasteiger partial charge in [-0.2, -0.15) is 0 Å². The van der Waals surface area contributed by atoms with Crippen molar-refractivity contribution in [3.8, 4) is 0 Å². The molecule has 112 valence electrons. The molecule has 0 fully saturated rings. The minimum Gasteiger partial charge on any atom is -0.383 e. The van der Waals surface area contributed by atoms with Crippen molar-refractivity contribution in [2.24, 2.45) is 0 Å².